The summed E-state index contributed by atoms with van der Waals surface area (Å²) >= 11 is 15.4. The molecule has 0 aliphatic rings. The largest absolute Gasteiger partial charge is 0.488 e. The third-order valence-electron chi connectivity index (χ3n) is 3.83. The summed E-state index contributed by atoms with van der Waals surface area (Å²) in [6.07, 6.45) is 1.61. The molecule has 148 valence electrons. The molecule has 3 aromatic carbocycles. The Morgan fingerprint density at radius 2 is 1.83 bits per heavy atom. The van der Waals surface area contributed by atoms with Crippen LogP contribution in [-0.4, -0.2) is 11.1 Å². The highest BCUT2D eigenvalue weighted by atomic mass is 79.9. The molecular formula is C20H14BrCl2N3O3. The van der Waals surface area contributed by atoms with Gasteiger partial charge in [0, 0.05) is 22.2 Å². The third kappa shape index (κ3) is 5.93. The molecule has 0 saturated heterocycles. The molecule has 1 N–H and O–H groups in total. The quantitative estimate of drug-likeness (QED) is 0.225. The summed E-state index contributed by atoms with van der Waals surface area (Å²) in [6.45, 7) is 0.315. The van der Waals surface area contributed by atoms with E-state index in [9.17, 15) is 10.1 Å². The number of hydrogen-bond acceptors (Lipinski definition) is 5. The molecule has 3 rings (SSSR count). The van der Waals surface area contributed by atoms with E-state index in [4.69, 9.17) is 27.9 Å². The second kappa shape index (κ2) is 9.73. The highest BCUT2D eigenvalue weighted by Gasteiger charge is 2.06. The first kappa shape index (κ1) is 21.1. The van der Waals surface area contributed by atoms with Gasteiger partial charge in [-0.15, -0.1) is 0 Å². The van der Waals surface area contributed by atoms with Crippen LogP contribution in [-0.2, 0) is 6.61 Å². The first-order chi connectivity index (χ1) is 13.9. The van der Waals surface area contributed by atoms with Gasteiger partial charge in [0.15, 0.2) is 0 Å². The van der Waals surface area contributed by atoms with Crippen LogP contribution in [0.25, 0.3) is 0 Å². The van der Waals surface area contributed by atoms with Crippen molar-refractivity contribution in [1.82, 2.24) is 0 Å². The molecule has 0 fully saturated rings. The van der Waals surface area contributed by atoms with Crippen LogP contribution in [0.2, 0.25) is 10.0 Å². The van der Waals surface area contributed by atoms with E-state index in [1.807, 2.05) is 24.3 Å². The van der Waals surface area contributed by atoms with Crippen molar-refractivity contribution >= 4 is 56.7 Å². The Balaban J connectivity index is 1.69. The zero-order chi connectivity index (χ0) is 20.8. The molecule has 0 heterocycles. The maximum atomic E-state index is 10.7. The number of rotatable bonds is 7. The molecule has 0 unspecified atom stereocenters. The minimum atomic E-state index is -0.452. The van der Waals surface area contributed by atoms with Crippen molar-refractivity contribution in [3.8, 4) is 5.75 Å². The van der Waals surface area contributed by atoms with Gasteiger partial charge in [0.05, 0.1) is 26.9 Å². The van der Waals surface area contributed by atoms with Crippen molar-refractivity contribution in [2.24, 2.45) is 5.10 Å². The first-order valence-electron chi connectivity index (χ1n) is 8.32. The number of nitro groups is 1. The monoisotopic (exact) mass is 493 g/mol. The van der Waals surface area contributed by atoms with Gasteiger partial charge in [-0.05, 0) is 48.0 Å². The predicted octanol–water partition coefficient (Wildman–Crippen LogP) is 6.69. The number of hydrazone groups is 1. The Labute approximate surface area is 185 Å². The van der Waals surface area contributed by atoms with Crippen molar-refractivity contribution < 1.29 is 9.66 Å². The summed E-state index contributed by atoms with van der Waals surface area (Å²) < 4.78 is 6.77. The van der Waals surface area contributed by atoms with Crippen LogP contribution >= 0.6 is 39.1 Å². The van der Waals surface area contributed by atoms with E-state index in [2.05, 4.69) is 26.5 Å². The van der Waals surface area contributed by atoms with Gasteiger partial charge in [-0.2, -0.15) is 5.10 Å². The number of non-ortho nitro benzene ring substituents is 1. The molecule has 0 saturated carbocycles. The van der Waals surface area contributed by atoms with Gasteiger partial charge >= 0.3 is 0 Å². The molecule has 0 aliphatic carbocycles. The lowest BCUT2D eigenvalue weighted by molar-refractivity contribution is -0.384. The molecule has 0 radical (unpaired) electrons. The third-order valence-corrected chi connectivity index (χ3v) is 5.06. The minimum absolute atomic E-state index is 0.0181. The van der Waals surface area contributed by atoms with Crippen LogP contribution < -0.4 is 10.2 Å². The van der Waals surface area contributed by atoms with Crippen LogP contribution in [0.1, 0.15) is 11.1 Å². The number of nitro benzene ring substituents is 1. The van der Waals surface area contributed by atoms with Crippen LogP contribution in [0.5, 0.6) is 5.75 Å². The number of nitrogens with zero attached hydrogens (tertiary/aromatic N) is 2. The van der Waals surface area contributed by atoms with Crippen molar-refractivity contribution in [2.75, 3.05) is 5.43 Å². The Hall–Kier alpha value is -2.61. The number of halogens is 3. The van der Waals surface area contributed by atoms with E-state index >= 15 is 0 Å². The lowest BCUT2D eigenvalue weighted by Gasteiger charge is -2.10. The van der Waals surface area contributed by atoms with Crippen molar-refractivity contribution in [2.45, 2.75) is 6.61 Å². The number of hydrogen-bond donors (Lipinski definition) is 1. The van der Waals surface area contributed by atoms with E-state index in [0.29, 0.717) is 28.1 Å². The van der Waals surface area contributed by atoms with E-state index in [1.54, 1.807) is 30.5 Å². The molecule has 29 heavy (non-hydrogen) atoms. The second-order valence-corrected chi connectivity index (χ2v) is 7.62. The van der Waals surface area contributed by atoms with Crippen LogP contribution in [0.15, 0.2) is 70.2 Å². The first-order valence-corrected chi connectivity index (χ1v) is 9.87. The number of ether oxygens (including phenoxy) is 1. The lowest BCUT2D eigenvalue weighted by atomic mass is 10.2. The van der Waals surface area contributed by atoms with Crippen LogP contribution in [0, 0.1) is 10.1 Å². The maximum absolute atomic E-state index is 10.7. The minimum Gasteiger partial charge on any atom is -0.488 e. The topological polar surface area (TPSA) is 76.8 Å². The molecule has 0 aliphatic heterocycles. The summed E-state index contributed by atoms with van der Waals surface area (Å²) in [6, 6.07) is 16.9. The SMILES string of the molecule is O=[N+]([O-])c1ccc(NN=Cc2cc(Br)ccc2OCc2ccc(Cl)c(Cl)c2)cc1. The van der Waals surface area contributed by atoms with Crippen LogP contribution in [0.4, 0.5) is 11.4 Å². The number of nitrogens with one attached hydrogen (secondary N) is 1. The van der Waals surface area contributed by atoms with Crippen LogP contribution in [0.3, 0.4) is 0 Å². The van der Waals surface area contributed by atoms with E-state index in [1.165, 1.54) is 12.1 Å². The Kier molecular flexibility index (Phi) is 7.09. The average molecular weight is 495 g/mol. The fourth-order valence-electron chi connectivity index (χ4n) is 2.38. The highest BCUT2D eigenvalue weighted by Crippen LogP contribution is 2.26. The molecule has 0 spiro atoms. The molecule has 3 aromatic rings. The summed E-state index contributed by atoms with van der Waals surface area (Å²) in [7, 11) is 0. The highest BCUT2D eigenvalue weighted by molar-refractivity contribution is 9.10. The molecule has 0 bridgehead atoms. The summed E-state index contributed by atoms with van der Waals surface area (Å²) in [4.78, 5) is 10.3. The van der Waals surface area contributed by atoms with Crippen molar-refractivity contribution in [1.29, 1.82) is 0 Å². The Morgan fingerprint density at radius 3 is 2.52 bits per heavy atom. The molecule has 0 atom stereocenters. The molecule has 0 aromatic heterocycles. The van der Waals surface area contributed by atoms with E-state index in [-0.39, 0.29) is 5.69 Å². The van der Waals surface area contributed by atoms with Gasteiger partial charge in [-0.3, -0.25) is 15.5 Å². The van der Waals surface area contributed by atoms with Crippen molar-refractivity contribution in [3.63, 3.8) is 0 Å². The standard InChI is InChI=1S/C20H14BrCl2N3O3/c21-15-2-8-20(29-12-13-1-7-18(22)19(23)9-13)14(10-15)11-24-25-16-3-5-17(6-4-16)26(27)28/h1-11,25H,12H2. The molecule has 6 nitrogen and oxygen atoms in total. The van der Waals surface area contributed by atoms with Gasteiger partial charge in [-0.1, -0.05) is 45.2 Å². The van der Waals surface area contributed by atoms with Gasteiger partial charge in [0.1, 0.15) is 12.4 Å². The van der Waals surface area contributed by atoms with Crippen molar-refractivity contribution in [3.05, 3.63) is 96.4 Å². The number of benzene rings is 3. The lowest BCUT2D eigenvalue weighted by Crippen LogP contribution is -1.99. The average Bonchev–Trinajstić information content (AvgIpc) is 2.70. The zero-order valence-corrected chi connectivity index (χ0v) is 17.9. The number of anilines is 1. The fraction of sp³-hybridized carbons (Fsp3) is 0.0500. The summed E-state index contributed by atoms with van der Waals surface area (Å²) in [5.41, 5.74) is 5.11. The Bertz CT molecular complexity index is 1060. The smallest absolute Gasteiger partial charge is 0.269 e. The summed E-state index contributed by atoms with van der Waals surface area (Å²) in [5.74, 6) is 0.633. The van der Waals surface area contributed by atoms with E-state index in [0.717, 1.165) is 15.6 Å². The van der Waals surface area contributed by atoms with Gasteiger partial charge < -0.3 is 4.74 Å². The predicted molar refractivity (Wildman–Crippen MR) is 119 cm³/mol. The van der Waals surface area contributed by atoms with Gasteiger partial charge in [-0.25, -0.2) is 0 Å². The normalized spacial score (nSPS) is 10.9. The molecule has 0 amide bonds. The van der Waals surface area contributed by atoms with Gasteiger partial charge in [0.2, 0.25) is 0 Å². The molecular weight excluding hydrogens is 481 g/mol. The Morgan fingerprint density at radius 1 is 1.07 bits per heavy atom. The summed E-state index contributed by atoms with van der Waals surface area (Å²) in [5, 5.41) is 15.8. The fourth-order valence-corrected chi connectivity index (χ4v) is 3.08. The van der Waals surface area contributed by atoms with E-state index < -0.39 is 4.92 Å². The maximum Gasteiger partial charge on any atom is 0.269 e. The molecule has 9 heteroatoms. The van der Waals surface area contributed by atoms with Gasteiger partial charge in [0.25, 0.3) is 5.69 Å². The second-order valence-electron chi connectivity index (χ2n) is 5.89. The zero-order valence-electron chi connectivity index (χ0n) is 14.8.